The van der Waals surface area contributed by atoms with Crippen LogP contribution in [0.5, 0.6) is 0 Å². The monoisotopic (exact) mass is 438 g/mol. The summed E-state index contributed by atoms with van der Waals surface area (Å²) in [6.07, 6.45) is 4.65. The number of likely N-dealkylation sites (tertiary alicyclic amines) is 1. The lowest BCUT2D eigenvalue weighted by Gasteiger charge is -2.35. The lowest BCUT2D eigenvalue weighted by Crippen LogP contribution is -2.34. The molecule has 0 radical (unpaired) electrons. The molecule has 3 nitrogen and oxygen atoms in total. The minimum absolute atomic E-state index is 0.0603. The molecule has 1 atom stereocenters. The van der Waals surface area contributed by atoms with Gasteiger partial charge in [-0.25, -0.2) is 0 Å². The normalized spacial score (nSPS) is 15.7. The summed E-state index contributed by atoms with van der Waals surface area (Å²) in [6.45, 7) is 4.30. The number of hydrogen-bond acceptors (Lipinski definition) is 3. The van der Waals surface area contributed by atoms with E-state index in [0.29, 0.717) is 5.56 Å². The van der Waals surface area contributed by atoms with Gasteiger partial charge in [-0.1, -0.05) is 55.3 Å². The fourth-order valence-electron chi connectivity index (χ4n) is 4.11. The van der Waals surface area contributed by atoms with Crippen LogP contribution >= 0.6 is 22.9 Å². The molecule has 0 bridgehead atoms. The molecule has 4 rings (SSSR count). The summed E-state index contributed by atoms with van der Waals surface area (Å²) in [6, 6.07) is 20.0. The maximum absolute atomic E-state index is 12.9. The predicted molar refractivity (Wildman–Crippen MR) is 127 cm³/mol. The molecule has 0 aliphatic carbocycles. The second-order valence-corrected chi connectivity index (χ2v) is 9.29. The minimum Gasteiger partial charge on any atom is -0.313 e. The molecule has 1 amide bonds. The summed E-state index contributed by atoms with van der Waals surface area (Å²) in [5.41, 5.74) is 3.08. The molecule has 1 aliphatic rings. The van der Waals surface area contributed by atoms with Gasteiger partial charge in [-0.2, -0.15) is 0 Å². The molecule has 5 heteroatoms. The number of piperidine rings is 1. The van der Waals surface area contributed by atoms with Gasteiger partial charge in [-0.3, -0.25) is 9.69 Å². The van der Waals surface area contributed by atoms with Crippen LogP contribution in [0.3, 0.4) is 0 Å². The summed E-state index contributed by atoms with van der Waals surface area (Å²) < 4.78 is 0. The van der Waals surface area contributed by atoms with Crippen LogP contribution in [0.2, 0.25) is 5.02 Å². The number of rotatable bonds is 6. The van der Waals surface area contributed by atoms with Crippen LogP contribution in [0.4, 0.5) is 5.00 Å². The maximum Gasteiger partial charge on any atom is 0.256 e. The van der Waals surface area contributed by atoms with Crippen molar-refractivity contribution >= 4 is 33.8 Å². The van der Waals surface area contributed by atoms with Crippen molar-refractivity contribution in [2.45, 2.75) is 38.6 Å². The molecule has 1 aliphatic heterocycles. The second kappa shape index (κ2) is 9.78. The Morgan fingerprint density at radius 2 is 1.77 bits per heavy atom. The molecule has 2 heterocycles. The van der Waals surface area contributed by atoms with E-state index in [2.05, 4.69) is 35.3 Å². The number of amides is 1. The van der Waals surface area contributed by atoms with E-state index in [9.17, 15) is 4.79 Å². The van der Waals surface area contributed by atoms with E-state index >= 15 is 0 Å². The van der Waals surface area contributed by atoms with Crippen molar-refractivity contribution in [2.75, 3.05) is 18.4 Å². The molecular weight excluding hydrogens is 412 g/mol. The topological polar surface area (TPSA) is 32.3 Å². The highest BCUT2D eigenvalue weighted by atomic mass is 35.5. The smallest absolute Gasteiger partial charge is 0.256 e. The highest BCUT2D eigenvalue weighted by Gasteiger charge is 2.28. The molecule has 1 fully saturated rings. The van der Waals surface area contributed by atoms with E-state index in [1.165, 1.54) is 35.3 Å². The average molecular weight is 439 g/mol. The van der Waals surface area contributed by atoms with Gasteiger partial charge in [0.25, 0.3) is 5.91 Å². The summed E-state index contributed by atoms with van der Waals surface area (Å²) in [5, 5.41) is 4.90. The number of nitrogens with zero attached hydrogens (tertiary/aromatic N) is 1. The van der Waals surface area contributed by atoms with E-state index in [1.807, 2.05) is 42.5 Å². The highest BCUT2D eigenvalue weighted by molar-refractivity contribution is 7.16. The van der Waals surface area contributed by atoms with E-state index in [-0.39, 0.29) is 11.9 Å². The minimum atomic E-state index is -0.0603. The zero-order valence-electron chi connectivity index (χ0n) is 17.2. The number of carbonyl (C=O) groups excluding carboxylic acids is 1. The van der Waals surface area contributed by atoms with Crippen LogP contribution in [0.25, 0.3) is 0 Å². The standard InChI is InChI=1S/C25H27ClN2OS/c1-2-21-17-22(25(30-21)27-24(29)19-9-5-3-6-10-19)23(28-15-7-4-8-16-28)18-11-13-20(26)14-12-18/h3,5-6,9-14,17,23H,2,4,7-8,15-16H2,1H3,(H,27,29)/t23-/m0/s1. The van der Waals surface area contributed by atoms with Crippen LogP contribution in [0.15, 0.2) is 60.7 Å². The first-order valence-electron chi connectivity index (χ1n) is 10.6. The Hall–Kier alpha value is -2.14. The van der Waals surface area contributed by atoms with Crippen molar-refractivity contribution < 1.29 is 4.79 Å². The third kappa shape index (κ3) is 4.77. The molecule has 2 aromatic carbocycles. The Balaban J connectivity index is 1.73. The van der Waals surface area contributed by atoms with Gasteiger partial charge in [0.2, 0.25) is 0 Å². The Labute approximate surface area is 187 Å². The molecular formula is C25H27ClN2OS. The van der Waals surface area contributed by atoms with E-state index < -0.39 is 0 Å². The number of halogens is 1. The van der Waals surface area contributed by atoms with Crippen LogP contribution in [-0.2, 0) is 6.42 Å². The summed E-state index contributed by atoms with van der Waals surface area (Å²) in [7, 11) is 0. The van der Waals surface area contributed by atoms with Crippen molar-refractivity contribution in [1.29, 1.82) is 0 Å². The highest BCUT2D eigenvalue weighted by Crippen LogP contribution is 2.40. The van der Waals surface area contributed by atoms with Gasteiger partial charge in [0.1, 0.15) is 5.00 Å². The predicted octanol–water partition coefficient (Wildman–Crippen LogP) is 6.79. The number of thiophene rings is 1. The van der Waals surface area contributed by atoms with Crippen molar-refractivity contribution in [3.8, 4) is 0 Å². The number of benzene rings is 2. The largest absolute Gasteiger partial charge is 0.313 e. The molecule has 0 unspecified atom stereocenters. The van der Waals surface area contributed by atoms with Gasteiger partial charge in [0, 0.05) is 21.0 Å². The number of anilines is 1. The third-order valence-electron chi connectivity index (χ3n) is 5.66. The first-order chi connectivity index (χ1) is 14.7. The van der Waals surface area contributed by atoms with Crippen molar-refractivity contribution in [2.24, 2.45) is 0 Å². The number of nitrogens with one attached hydrogen (secondary N) is 1. The van der Waals surface area contributed by atoms with E-state index in [4.69, 9.17) is 11.6 Å². The van der Waals surface area contributed by atoms with Gasteiger partial charge < -0.3 is 5.32 Å². The van der Waals surface area contributed by atoms with E-state index in [1.54, 1.807) is 11.3 Å². The fraction of sp³-hybridized carbons (Fsp3) is 0.320. The Bertz CT molecular complexity index is 978. The first-order valence-corrected chi connectivity index (χ1v) is 11.8. The molecule has 30 heavy (non-hydrogen) atoms. The van der Waals surface area contributed by atoms with Crippen LogP contribution in [0.1, 0.15) is 58.6 Å². The van der Waals surface area contributed by atoms with Gasteiger partial charge >= 0.3 is 0 Å². The SMILES string of the molecule is CCc1cc([C@H](c2ccc(Cl)cc2)N2CCCCC2)c(NC(=O)c2ccccc2)s1. The van der Waals surface area contributed by atoms with Gasteiger partial charge in [0.05, 0.1) is 6.04 Å². The third-order valence-corrected chi connectivity index (χ3v) is 7.12. The van der Waals surface area contributed by atoms with Crippen LogP contribution < -0.4 is 5.32 Å². The quantitative estimate of drug-likeness (QED) is 0.459. The molecule has 0 saturated carbocycles. The van der Waals surface area contributed by atoms with E-state index in [0.717, 1.165) is 29.5 Å². The Morgan fingerprint density at radius 1 is 1.07 bits per heavy atom. The number of hydrogen-bond donors (Lipinski definition) is 1. The lowest BCUT2D eigenvalue weighted by atomic mass is 9.95. The van der Waals surface area contributed by atoms with Crippen LogP contribution in [0, 0.1) is 0 Å². The molecule has 156 valence electrons. The molecule has 3 aromatic rings. The molecule has 1 N–H and O–H groups in total. The van der Waals surface area contributed by atoms with Gasteiger partial charge in [-0.05, 0) is 68.2 Å². The zero-order valence-corrected chi connectivity index (χ0v) is 18.8. The molecule has 0 spiro atoms. The summed E-state index contributed by atoms with van der Waals surface area (Å²) >= 11 is 7.86. The fourth-order valence-corrected chi connectivity index (χ4v) is 5.26. The summed E-state index contributed by atoms with van der Waals surface area (Å²) in [4.78, 5) is 16.7. The van der Waals surface area contributed by atoms with Gasteiger partial charge in [-0.15, -0.1) is 11.3 Å². The zero-order chi connectivity index (χ0) is 20.9. The number of aryl methyl sites for hydroxylation is 1. The van der Waals surface area contributed by atoms with Gasteiger partial charge in [0.15, 0.2) is 0 Å². The van der Waals surface area contributed by atoms with Crippen molar-refractivity contribution in [3.63, 3.8) is 0 Å². The number of carbonyl (C=O) groups is 1. The van der Waals surface area contributed by atoms with Crippen molar-refractivity contribution in [1.82, 2.24) is 4.90 Å². The Kier molecular flexibility index (Phi) is 6.88. The second-order valence-electron chi connectivity index (χ2n) is 7.72. The lowest BCUT2D eigenvalue weighted by molar-refractivity contribution is 0.102. The van der Waals surface area contributed by atoms with Crippen molar-refractivity contribution in [3.05, 3.63) is 87.3 Å². The Morgan fingerprint density at radius 3 is 2.43 bits per heavy atom. The van der Waals surface area contributed by atoms with Crippen LogP contribution in [-0.4, -0.2) is 23.9 Å². The average Bonchev–Trinajstić information content (AvgIpc) is 3.19. The first kappa shape index (κ1) is 21.1. The summed E-state index contributed by atoms with van der Waals surface area (Å²) in [5.74, 6) is -0.0603. The maximum atomic E-state index is 12.9. The molecule has 1 saturated heterocycles. The molecule has 1 aromatic heterocycles.